The molecule has 8 heteroatoms. The third kappa shape index (κ3) is 3.11. The van der Waals surface area contributed by atoms with Crippen LogP contribution in [0.25, 0.3) is 0 Å². The smallest absolute Gasteiger partial charge is 0.314 e. The van der Waals surface area contributed by atoms with Gasteiger partial charge in [0.15, 0.2) is 0 Å². The number of nitrogens with zero attached hydrogens (tertiary/aromatic N) is 1. The third-order valence-electron chi connectivity index (χ3n) is 1.76. The summed E-state index contributed by atoms with van der Waals surface area (Å²) in [6.07, 6.45) is -0.751. The Labute approximate surface area is 87.8 Å². The average Bonchev–Trinajstić information content (AvgIpc) is 2.10. The molecule has 0 saturated heterocycles. The normalized spacial score (nSPS) is 15.8. The third-order valence-corrected chi connectivity index (χ3v) is 2.96. The first-order valence-corrected chi connectivity index (χ1v) is 5.47. The molecule has 6 nitrogen and oxygen atoms in total. The van der Waals surface area contributed by atoms with E-state index in [2.05, 4.69) is 4.74 Å². The van der Waals surface area contributed by atoms with E-state index < -0.39 is 27.4 Å². The lowest BCUT2D eigenvalue weighted by atomic mass is 10.2. The Kier molecular flexibility index (Phi) is 4.63. The minimum atomic E-state index is -5.12. The maximum absolute atomic E-state index is 13.8. The highest BCUT2D eigenvalue weighted by atomic mass is 32.2. The Balaban J connectivity index is 5.13. The summed E-state index contributed by atoms with van der Waals surface area (Å²) < 4.78 is 48.5. The van der Waals surface area contributed by atoms with Crippen molar-refractivity contribution in [1.29, 1.82) is 0 Å². The highest BCUT2D eigenvalue weighted by molar-refractivity contribution is 7.87. The number of methoxy groups -OCH3 is 1. The summed E-state index contributed by atoms with van der Waals surface area (Å²) in [5, 5.41) is -3.34. The Morgan fingerprint density at radius 2 is 2.00 bits per heavy atom. The van der Waals surface area contributed by atoms with Crippen LogP contribution in [0.3, 0.4) is 0 Å². The van der Waals surface area contributed by atoms with Crippen molar-refractivity contribution in [2.75, 3.05) is 27.8 Å². The largest absolute Gasteiger partial charge is 0.385 e. The summed E-state index contributed by atoms with van der Waals surface area (Å²) in [4.78, 5) is 12.0. The molecule has 90 valence electrons. The molecule has 0 radical (unpaired) electrons. The number of hydrogen-bond acceptors (Lipinski definition) is 4. The van der Waals surface area contributed by atoms with Crippen molar-refractivity contribution >= 4 is 16.0 Å². The van der Waals surface area contributed by atoms with Gasteiger partial charge in [0.25, 0.3) is 5.91 Å². The van der Waals surface area contributed by atoms with Gasteiger partial charge in [-0.05, 0) is 0 Å². The molecule has 0 heterocycles. The molecule has 0 fully saturated rings. The summed E-state index contributed by atoms with van der Waals surface area (Å²) in [5.74, 6) is -1.33. The predicted molar refractivity (Wildman–Crippen MR) is 50.6 cm³/mol. The van der Waals surface area contributed by atoms with E-state index in [1.54, 1.807) is 0 Å². The van der Waals surface area contributed by atoms with Crippen molar-refractivity contribution < 1.29 is 26.9 Å². The summed E-state index contributed by atoms with van der Waals surface area (Å²) >= 11 is 0. The van der Waals surface area contributed by atoms with Gasteiger partial charge in [0.2, 0.25) is 0 Å². The number of carbonyl (C=O) groups excluding carboxylic acids is 1. The fourth-order valence-corrected chi connectivity index (χ4v) is 1.66. The quantitative estimate of drug-likeness (QED) is 0.668. The van der Waals surface area contributed by atoms with Gasteiger partial charge in [0, 0.05) is 27.6 Å². The molecule has 1 atom stereocenters. The second-order valence-corrected chi connectivity index (χ2v) is 4.74. The number of rotatable bonds is 5. The van der Waals surface area contributed by atoms with Gasteiger partial charge in [-0.1, -0.05) is 0 Å². The van der Waals surface area contributed by atoms with Gasteiger partial charge in [0.1, 0.15) is 0 Å². The number of halogens is 1. The highest BCUT2D eigenvalue weighted by Gasteiger charge is 2.51. The van der Waals surface area contributed by atoms with Crippen molar-refractivity contribution in [3.05, 3.63) is 0 Å². The van der Waals surface area contributed by atoms with Crippen LogP contribution in [0.5, 0.6) is 0 Å². The van der Waals surface area contributed by atoms with E-state index in [1.165, 1.54) is 21.2 Å². The first-order chi connectivity index (χ1) is 6.66. The molecule has 1 unspecified atom stereocenters. The van der Waals surface area contributed by atoms with Crippen LogP contribution < -0.4 is 0 Å². The Morgan fingerprint density at radius 3 is 2.27 bits per heavy atom. The summed E-state index contributed by atoms with van der Waals surface area (Å²) in [6, 6.07) is 0. The molecule has 0 spiro atoms. The Hall–Kier alpha value is -0.730. The second kappa shape index (κ2) is 4.86. The van der Waals surface area contributed by atoms with E-state index in [-0.39, 0.29) is 6.61 Å². The van der Waals surface area contributed by atoms with Crippen LogP contribution in [0.4, 0.5) is 4.39 Å². The molecular weight excluding hydrogens is 229 g/mol. The first kappa shape index (κ1) is 14.3. The predicted octanol–water partition coefficient (Wildman–Crippen LogP) is -0.335. The van der Waals surface area contributed by atoms with Gasteiger partial charge in [-0.25, -0.2) is 4.39 Å². The van der Waals surface area contributed by atoms with Gasteiger partial charge < -0.3 is 9.64 Å². The lowest BCUT2D eigenvalue weighted by Gasteiger charge is -2.23. The molecule has 0 rings (SSSR count). The van der Waals surface area contributed by atoms with Gasteiger partial charge in [0.05, 0.1) is 6.61 Å². The van der Waals surface area contributed by atoms with E-state index in [0.29, 0.717) is 0 Å². The zero-order valence-corrected chi connectivity index (χ0v) is 9.54. The molecule has 1 N–H and O–H groups in total. The first-order valence-electron chi connectivity index (χ1n) is 4.03. The summed E-state index contributed by atoms with van der Waals surface area (Å²) in [5.41, 5.74) is 0. The van der Waals surface area contributed by atoms with Crippen molar-refractivity contribution in [3.63, 3.8) is 0 Å². The summed E-state index contributed by atoms with van der Waals surface area (Å²) in [6.45, 7) is -0.296. The van der Waals surface area contributed by atoms with Crippen molar-refractivity contribution in [2.45, 2.75) is 11.4 Å². The monoisotopic (exact) mass is 243 g/mol. The number of hydrogen-bond donors (Lipinski definition) is 1. The molecule has 0 aromatic carbocycles. The molecule has 0 aliphatic heterocycles. The van der Waals surface area contributed by atoms with Gasteiger partial charge >= 0.3 is 15.1 Å². The standard InChI is InChI=1S/C7H14FNO5S/c1-9(2)6(10)7(8,4-5-14-3)15(11,12)13/h4-5H2,1-3H3,(H,11,12,13). The van der Waals surface area contributed by atoms with E-state index in [1.807, 2.05) is 0 Å². The molecule has 0 aliphatic rings. The van der Waals surface area contributed by atoms with E-state index in [4.69, 9.17) is 4.55 Å². The van der Waals surface area contributed by atoms with Crippen LogP contribution in [-0.2, 0) is 19.6 Å². The van der Waals surface area contributed by atoms with Gasteiger partial charge in [-0.3, -0.25) is 9.35 Å². The topological polar surface area (TPSA) is 83.9 Å². The molecule has 0 aromatic heterocycles. The zero-order valence-electron chi connectivity index (χ0n) is 8.73. The van der Waals surface area contributed by atoms with E-state index in [0.717, 1.165) is 4.90 Å². The van der Waals surface area contributed by atoms with Gasteiger partial charge in [-0.15, -0.1) is 0 Å². The maximum atomic E-state index is 13.8. The van der Waals surface area contributed by atoms with Crippen molar-refractivity contribution in [1.82, 2.24) is 4.90 Å². The van der Waals surface area contributed by atoms with Crippen LogP contribution in [0, 0.1) is 0 Å². The zero-order chi connectivity index (χ0) is 12.3. The molecule has 0 bridgehead atoms. The fourth-order valence-electron chi connectivity index (χ4n) is 0.913. The molecule has 1 amide bonds. The minimum absolute atomic E-state index is 0.296. The number of alkyl halides is 1. The van der Waals surface area contributed by atoms with Gasteiger partial charge in [-0.2, -0.15) is 8.42 Å². The maximum Gasteiger partial charge on any atom is 0.314 e. The SMILES string of the molecule is COCCC(F)(C(=O)N(C)C)S(=O)(=O)O. The lowest BCUT2D eigenvalue weighted by molar-refractivity contribution is -0.137. The minimum Gasteiger partial charge on any atom is -0.385 e. The number of amides is 1. The van der Waals surface area contributed by atoms with Crippen molar-refractivity contribution in [2.24, 2.45) is 0 Å². The molecule has 0 aromatic rings. The fraction of sp³-hybridized carbons (Fsp3) is 0.857. The molecular formula is C7H14FNO5S. The van der Waals surface area contributed by atoms with Crippen LogP contribution in [0.2, 0.25) is 0 Å². The molecule has 0 aliphatic carbocycles. The van der Waals surface area contributed by atoms with Crippen molar-refractivity contribution in [3.8, 4) is 0 Å². The summed E-state index contributed by atoms with van der Waals surface area (Å²) in [7, 11) is -1.51. The second-order valence-electron chi connectivity index (χ2n) is 3.15. The Morgan fingerprint density at radius 1 is 1.53 bits per heavy atom. The van der Waals surface area contributed by atoms with E-state index in [9.17, 15) is 17.6 Å². The van der Waals surface area contributed by atoms with Crippen LogP contribution in [0.15, 0.2) is 0 Å². The number of ether oxygens (including phenoxy) is 1. The lowest BCUT2D eigenvalue weighted by Crippen LogP contribution is -2.49. The average molecular weight is 243 g/mol. The Bertz CT molecular complexity index is 328. The number of carbonyl (C=O) groups is 1. The van der Waals surface area contributed by atoms with Crippen LogP contribution in [0.1, 0.15) is 6.42 Å². The molecule has 0 saturated carbocycles. The molecule has 15 heavy (non-hydrogen) atoms. The van der Waals surface area contributed by atoms with Crippen LogP contribution >= 0.6 is 0 Å². The highest BCUT2D eigenvalue weighted by Crippen LogP contribution is 2.25. The van der Waals surface area contributed by atoms with Crippen LogP contribution in [-0.4, -0.2) is 56.6 Å². The van der Waals surface area contributed by atoms with E-state index >= 15 is 0 Å².